The maximum atomic E-state index is 12.0. The first-order chi connectivity index (χ1) is 10.6. The number of anilines is 1. The second-order valence-corrected chi connectivity index (χ2v) is 5.11. The number of hydrogen-bond acceptors (Lipinski definition) is 4. The largest absolute Gasteiger partial charge is 0.466 e. The van der Waals surface area contributed by atoms with Gasteiger partial charge in [-0.1, -0.05) is 18.2 Å². The van der Waals surface area contributed by atoms with Crippen LogP contribution in [0.15, 0.2) is 30.3 Å². The van der Waals surface area contributed by atoms with Gasteiger partial charge in [-0.3, -0.25) is 14.4 Å². The summed E-state index contributed by atoms with van der Waals surface area (Å²) in [5, 5.41) is 2.80. The summed E-state index contributed by atoms with van der Waals surface area (Å²) in [6.07, 6.45) is 0.414. The number of amides is 2. The van der Waals surface area contributed by atoms with Gasteiger partial charge >= 0.3 is 5.97 Å². The van der Waals surface area contributed by atoms with Crippen molar-refractivity contribution in [1.29, 1.82) is 0 Å². The van der Waals surface area contributed by atoms with E-state index in [9.17, 15) is 14.4 Å². The molecule has 6 nitrogen and oxygen atoms in total. The van der Waals surface area contributed by atoms with Crippen LogP contribution in [0.3, 0.4) is 0 Å². The third kappa shape index (κ3) is 4.31. The van der Waals surface area contributed by atoms with Crippen molar-refractivity contribution in [3.05, 3.63) is 30.3 Å². The Hall–Kier alpha value is -2.37. The molecule has 1 aliphatic rings. The van der Waals surface area contributed by atoms with Gasteiger partial charge in [0, 0.05) is 25.1 Å². The van der Waals surface area contributed by atoms with E-state index in [-0.39, 0.29) is 43.1 Å². The van der Waals surface area contributed by atoms with E-state index in [1.54, 1.807) is 11.8 Å². The van der Waals surface area contributed by atoms with Crippen molar-refractivity contribution in [2.24, 2.45) is 0 Å². The average molecular weight is 304 g/mol. The van der Waals surface area contributed by atoms with E-state index < -0.39 is 0 Å². The molecule has 1 N–H and O–H groups in total. The first-order valence-electron chi connectivity index (χ1n) is 7.40. The van der Waals surface area contributed by atoms with Crippen LogP contribution in [0.4, 0.5) is 5.69 Å². The predicted molar refractivity (Wildman–Crippen MR) is 81.2 cm³/mol. The van der Waals surface area contributed by atoms with Gasteiger partial charge in [0.25, 0.3) is 0 Å². The number of carbonyl (C=O) groups excluding carboxylic acids is 3. The molecule has 22 heavy (non-hydrogen) atoms. The third-order valence-electron chi connectivity index (χ3n) is 3.42. The Bertz CT molecular complexity index is 544. The molecule has 1 fully saturated rings. The number of carbonyl (C=O) groups is 3. The van der Waals surface area contributed by atoms with Crippen LogP contribution in [0, 0.1) is 0 Å². The van der Waals surface area contributed by atoms with Crippen LogP contribution in [-0.4, -0.2) is 37.0 Å². The predicted octanol–water partition coefficient (Wildman–Crippen LogP) is 1.25. The fraction of sp³-hybridized carbons (Fsp3) is 0.438. The minimum atomic E-state index is -0.383. The highest BCUT2D eigenvalue weighted by atomic mass is 16.5. The van der Waals surface area contributed by atoms with E-state index in [4.69, 9.17) is 4.74 Å². The maximum Gasteiger partial charge on any atom is 0.306 e. The van der Waals surface area contributed by atoms with Gasteiger partial charge in [-0.05, 0) is 19.1 Å². The third-order valence-corrected chi connectivity index (χ3v) is 3.42. The Morgan fingerprint density at radius 2 is 2.00 bits per heavy atom. The summed E-state index contributed by atoms with van der Waals surface area (Å²) in [6, 6.07) is 9.13. The van der Waals surface area contributed by atoms with Crippen molar-refractivity contribution in [3.8, 4) is 0 Å². The molecule has 6 heteroatoms. The summed E-state index contributed by atoms with van der Waals surface area (Å²) in [5.41, 5.74) is 0.829. The molecule has 1 aliphatic heterocycles. The van der Waals surface area contributed by atoms with Gasteiger partial charge in [-0.2, -0.15) is 0 Å². The first-order valence-corrected chi connectivity index (χ1v) is 7.40. The summed E-state index contributed by atoms with van der Waals surface area (Å²) < 4.78 is 4.77. The summed E-state index contributed by atoms with van der Waals surface area (Å²) in [4.78, 5) is 36.7. The molecule has 1 aromatic rings. The molecule has 0 radical (unpaired) electrons. The number of nitrogens with one attached hydrogen (secondary N) is 1. The molecular formula is C16H20N2O4. The lowest BCUT2D eigenvalue weighted by atomic mass is 10.2. The van der Waals surface area contributed by atoms with Gasteiger partial charge < -0.3 is 15.0 Å². The van der Waals surface area contributed by atoms with E-state index in [1.165, 1.54) is 0 Å². The quantitative estimate of drug-likeness (QED) is 0.803. The molecule has 0 aromatic heterocycles. The van der Waals surface area contributed by atoms with Gasteiger partial charge in [-0.25, -0.2) is 0 Å². The fourth-order valence-electron chi connectivity index (χ4n) is 2.41. The zero-order chi connectivity index (χ0) is 15.9. The van der Waals surface area contributed by atoms with E-state index >= 15 is 0 Å². The molecular weight excluding hydrogens is 284 g/mol. The number of hydrogen-bond donors (Lipinski definition) is 1. The zero-order valence-electron chi connectivity index (χ0n) is 12.6. The lowest BCUT2D eigenvalue weighted by molar-refractivity contribution is -0.144. The Morgan fingerprint density at radius 1 is 1.27 bits per heavy atom. The van der Waals surface area contributed by atoms with Crippen molar-refractivity contribution < 1.29 is 19.1 Å². The Labute approximate surface area is 129 Å². The van der Waals surface area contributed by atoms with Crippen LogP contribution in [0.1, 0.15) is 26.2 Å². The molecule has 1 aromatic carbocycles. The maximum absolute atomic E-state index is 12.0. The van der Waals surface area contributed by atoms with Crippen molar-refractivity contribution in [2.45, 2.75) is 32.2 Å². The molecule has 1 heterocycles. The number of para-hydroxylation sites is 1. The second kappa shape index (κ2) is 7.59. The van der Waals surface area contributed by atoms with Gasteiger partial charge in [0.05, 0.1) is 19.1 Å². The average Bonchev–Trinajstić information content (AvgIpc) is 2.87. The number of benzene rings is 1. The van der Waals surface area contributed by atoms with Crippen molar-refractivity contribution in [2.75, 3.05) is 18.1 Å². The molecule has 0 bridgehead atoms. The highest BCUT2D eigenvalue weighted by molar-refractivity contribution is 5.96. The molecule has 0 spiro atoms. The van der Waals surface area contributed by atoms with E-state index in [0.29, 0.717) is 13.2 Å². The lowest BCUT2D eigenvalue weighted by Crippen LogP contribution is -2.37. The van der Waals surface area contributed by atoms with Crippen LogP contribution >= 0.6 is 0 Å². The lowest BCUT2D eigenvalue weighted by Gasteiger charge is -2.17. The van der Waals surface area contributed by atoms with Crippen LogP contribution in [0.2, 0.25) is 0 Å². The second-order valence-electron chi connectivity index (χ2n) is 5.11. The SMILES string of the molecule is CCOC(=O)CCC(=O)N[C@H]1CC(=O)N(c2ccccc2)C1. The Morgan fingerprint density at radius 3 is 2.68 bits per heavy atom. The Kier molecular flexibility index (Phi) is 5.52. The summed E-state index contributed by atoms with van der Waals surface area (Å²) in [6.45, 7) is 2.48. The normalized spacial score (nSPS) is 17.4. The topological polar surface area (TPSA) is 75.7 Å². The minimum absolute atomic E-state index is 0.0121. The molecule has 118 valence electrons. The van der Waals surface area contributed by atoms with Crippen molar-refractivity contribution in [3.63, 3.8) is 0 Å². The summed E-state index contributed by atoms with van der Waals surface area (Å²) in [7, 11) is 0. The minimum Gasteiger partial charge on any atom is -0.466 e. The van der Waals surface area contributed by atoms with Gasteiger partial charge in [-0.15, -0.1) is 0 Å². The molecule has 0 aliphatic carbocycles. The van der Waals surface area contributed by atoms with E-state index in [1.807, 2.05) is 30.3 Å². The van der Waals surface area contributed by atoms with Crippen LogP contribution in [-0.2, 0) is 19.1 Å². The van der Waals surface area contributed by atoms with Gasteiger partial charge in [0.15, 0.2) is 0 Å². The molecule has 2 rings (SSSR count). The standard InChI is InChI=1S/C16H20N2O4/c1-2-22-16(21)9-8-14(19)17-12-10-15(20)18(11-12)13-6-4-3-5-7-13/h3-7,12H,2,8-11H2,1H3,(H,17,19)/t12-/m0/s1. The highest BCUT2D eigenvalue weighted by Crippen LogP contribution is 2.21. The monoisotopic (exact) mass is 304 g/mol. The molecule has 2 amide bonds. The number of esters is 1. The van der Waals surface area contributed by atoms with Gasteiger partial charge in [0.2, 0.25) is 11.8 Å². The van der Waals surface area contributed by atoms with Crippen molar-refractivity contribution in [1.82, 2.24) is 5.32 Å². The highest BCUT2D eigenvalue weighted by Gasteiger charge is 2.31. The number of rotatable bonds is 6. The number of nitrogens with zero attached hydrogens (tertiary/aromatic N) is 1. The van der Waals surface area contributed by atoms with Crippen molar-refractivity contribution >= 4 is 23.5 Å². The molecule has 0 unspecified atom stereocenters. The first kappa shape index (κ1) is 16.0. The number of ether oxygens (including phenoxy) is 1. The van der Waals surface area contributed by atoms with Crippen LogP contribution in [0.5, 0.6) is 0 Å². The van der Waals surface area contributed by atoms with Crippen LogP contribution < -0.4 is 10.2 Å². The molecule has 1 saturated heterocycles. The van der Waals surface area contributed by atoms with E-state index in [0.717, 1.165) is 5.69 Å². The zero-order valence-corrected chi connectivity index (χ0v) is 12.6. The van der Waals surface area contributed by atoms with Crippen LogP contribution in [0.25, 0.3) is 0 Å². The Balaban J connectivity index is 1.81. The molecule has 1 atom stereocenters. The van der Waals surface area contributed by atoms with E-state index in [2.05, 4.69) is 5.32 Å². The van der Waals surface area contributed by atoms with Gasteiger partial charge in [0.1, 0.15) is 0 Å². The summed E-state index contributed by atoms with van der Waals surface area (Å²) in [5.74, 6) is -0.631. The molecule has 0 saturated carbocycles. The fourth-order valence-corrected chi connectivity index (χ4v) is 2.41. The smallest absolute Gasteiger partial charge is 0.306 e. The summed E-state index contributed by atoms with van der Waals surface area (Å²) >= 11 is 0.